The van der Waals surface area contributed by atoms with E-state index >= 15 is 0 Å². The van der Waals surface area contributed by atoms with Crippen LogP contribution in [0.4, 0.5) is 5.69 Å². The van der Waals surface area contributed by atoms with Crippen LogP contribution in [0.5, 0.6) is 0 Å². The molecule has 0 unspecified atom stereocenters. The van der Waals surface area contributed by atoms with Gasteiger partial charge in [-0.2, -0.15) is 14.9 Å². The number of nitrogens with zero attached hydrogens (tertiary/aromatic N) is 3. The van der Waals surface area contributed by atoms with Crippen molar-refractivity contribution < 1.29 is 4.79 Å². The van der Waals surface area contributed by atoms with Crippen LogP contribution in [0.1, 0.15) is 25.2 Å². The average molecular weight is 289 g/mol. The molecule has 2 aromatic rings. The first kappa shape index (κ1) is 14.1. The number of aromatic amines is 1. The van der Waals surface area contributed by atoms with Gasteiger partial charge in [-0.15, -0.1) is 0 Å². The lowest BCUT2D eigenvalue weighted by atomic mass is 10.2. The zero-order valence-electron chi connectivity index (χ0n) is 11.3. The van der Waals surface area contributed by atoms with Gasteiger partial charge in [0.05, 0.1) is 6.21 Å². The third-order valence-electron chi connectivity index (χ3n) is 2.59. The van der Waals surface area contributed by atoms with Crippen molar-refractivity contribution in [3.8, 4) is 0 Å². The monoisotopic (exact) mass is 289 g/mol. The molecule has 1 aromatic carbocycles. The highest BCUT2D eigenvalue weighted by Gasteiger charge is 2.01. The summed E-state index contributed by atoms with van der Waals surface area (Å²) in [6.45, 7) is 3.46. The molecule has 0 spiro atoms. The number of carbonyl (C=O) groups excluding carboxylic acids is 1. The Morgan fingerprint density at radius 2 is 2.20 bits per heavy atom. The van der Waals surface area contributed by atoms with Crippen LogP contribution >= 0.6 is 12.2 Å². The molecule has 0 aliphatic heterocycles. The van der Waals surface area contributed by atoms with Gasteiger partial charge in [0.15, 0.2) is 5.82 Å². The van der Waals surface area contributed by atoms with Gasteiger partial charge in [0.25, 0.3) is 0 Å². The Hall–Kier alpha value is -2.28. The first-order valence-electron chi connectivity index (χ1n) is 6.18. The lowest BCUT2D eigenvalue weighted by Crippen LogP contribution is -2.05. The van der Waals surface area contributed by atoms with Gasteiger partial charge in [-0.25, -0.2) is 0 Å². The van der Waals surface area contributed by atoms with Crippen LogP contribution in [0, 0.1) is 4.77 Å². The fraction of sp³-hybridized carbons (Fsp3) is 0.231. The second-order valence-electron chi connectivity index (χ2n) is 4.16. The quantitative estimate of drug-likeness (QED) is 0.670. The third kappa shape index (κ3) is 3.39. The zero-order chi connectivity index (χ0) is 14.5. The smallest absolute Gasteiger partial charge is 0.221 e. The Morgan fingerprint density at radius 3 is 2.80 bits per heavy atom. The minimum absolute atomic E-state index is 0.0938. The molecule has 0 radical (unpaired) electrons. The van der Waals surface area contributed by atoms with E-state index in [9.17, 15) is 4.79 Å². The molecule has 1 amide bonds. The number of hydrogen-bond acceptors (Lipinski definition) is 4. The van der Waals surface area contributed by atoms with Gasteiger partial charge in [-0.3, -0.25) is 9.89 Å². The van der Waals surface area contributed by atoms with E-state index in [2.05, 4.69) is 20.6 Å². The van der Waals surface area contributed by atoms with E-state index in [0.717, 1.165) is 23.5 Å². The predicted octanol–water partition coefficient (Wildman–Crippen LogP) is 2.34. The second kappa shape index (κ2) is 6.25. The van der Waals surface area contributed by atoms with E-state index in [0.29, 0.717) is 4.77 Å². The van der Waals surface area contributed by atoms with Crippen LogP contribution in [-0.4, -0.2) is 27.0 Å². The Labute approximate surface area is 121 Å². The van der Waals surface area contributed by atoms with Crippen molar-refractivity contribution in [3.05, 3.63) is 40.4 Å². The third-order valence-corrected chi connectivity index (χ3v) is 2.85. The van der Waals surface area contributed by atoms with Crippen LogP contribution in [-0.2, 0) is 11.2 Å². The zero-order valence-corrected chi connectivity index (χ0v) is 12.1. The molecule has 0 aliphatic rings. The Morgan fingerprint density at radius 1 is 1.50 bits per heavy atom. The van der Waals surface area contributed by atoms with Crippen molar-refractivity contribution >= 4 is 30.0 Å². The minimum Gasteiger partial charge on any atom is -0.326 e. The van der Waals surface area contributed by atoms with E-state index in [1.54, 1.807) is 10.9 Å². The van der Waals surface area contributed by atoms with Crippen LogP contribution in [0.25, 0.3) is 0 Å². The summed E-state index contributed by atoms with van der Waals surface area (Å²) in [7, 11) is 0. The molecular weight excluding hydrogens is 274 g/mol. The molecule has 6 nitrogen and oxygen atoms in total. The summed E-state index contributed by atoms with van der Waals surface area (Å²) in [5, 5.41) is 13.8. The van der Waals surface area contributed by atoms with E-state index in [1.165, 1.54) is 6.92 Å². The van der Waals surface area contributed by atoms with Crippen molar-refractivity contribution in [3.63, 3.8) is 0 Å². The predicted molar refractivity (Wildman–Crippen MR) is 80.5 cm³/mol. The number of rotatable bonds is 4. The Kier molecular flexibility index (Phi) is 4.41. The highest BCUT2D eigenvalue weighted by Crippen LogP contribution is 2.08. The largest absolute Gasteiger partial charge is 0.326 e. The van der Waals surface area contributed by atoms with Gasteiger partial charge in [0.2, 0.25) is 10.7 Å². The lowest BCUT2D eigenvalue weighted by Gasteiger charge is -2.01. The highest BCUT2D eigenvalue weighted by atomic mass is 32.1. The molecule has 0 saturated carbocycles. The molecule has 2 N–H and O–H groups in total. The molecular formula is C13H15N5OS. The number of carbonyl (C=O) groups is 1. The van der Waals surface area contributed by atoms with Crippen molar-refractivity contribution in [2.75, 3.05) is 5.32 Å². The van der Waals surface area contributed by atoms with Crippen molar-refractivity contribution in [2.24, 2.45) is 5.10 Å². The number of hydrogen-bond donors (Lipinski definition) is 2. The fourth-order valence-electron chi connectivity index (χ4n) is 1.65. The molecule has 7 heteroatoms. The molecule has 1 aromatic heterocycles. The number of H-pyrrole nitrogens is 1. The molecule has 20 heavy (non-hydrogen) atoms. The molecule has 2 rings (SSSR count). The van der Waals surface area contributed by atoms with Crippen molar-refractivity contribution in [1.29, 1.82) is 0 Å². The van der Waals surface area contributed by atoms with E-state index in [-0.39, 0.29) is 5.91 Å². The van der Waals surface area contributed by atoms with Crippen LogP contribution < -0.4 is 5.32 Å². The van der Waals surface area contributed by atoms with Gasteiger partial charge in [-0.1, -0.05) is 19.1 Å². The van der Waals surface area contributed by atoms with Gasteiger partial charge in [-0.05, 0) is 29.9 Å². The maximum absolute atomic E-state index is 10.9. The van der Waals surface area contributed by atoms with Crippen LogP contribution in [0.3, 0.4) is 0 Å². The standard InChI is InChI=1S/C13H15N5OS/c1-3-12-16-17-13(20)18(12)14-8-10-4-6-11(7-5-10)15-9(2)19/h4-8H,3H2,1-2H3,(H,15,19)(H,17,20). The Balaban J connectivity index is 2.17. The van der Waals surface area contributed by atoms with E-state index < -0.39 is 0 Å². The van der Waals surface area contributed by atoms with Crippen molar-refractivity contribution in [1.82, 2.24) is 14.9 Å². The first-order valence-corrected chi connectivity index (χ1v) is 6.59. The van der Waals surface area contributed by atoms with E-state index in [4.69, 9.17) is 12.2 Å². The number of anilines is 1. The topological polar surface area (TPSA) is 75.1 Å². The molecule has 0 fully saturated rings. The maximum atomic E-state index is 10.9. The molecule has 0 saturated heterocycles. The summed E-state index contributed by atoms with van der Waals surface area (Å²) in [5.41, 5.74) is 1.66. The average Bonchev–Trinajstić information content (AvgIpc) is 2.78. The molecule has 0 aliphatic carbocycles. The molecule has 104 valence electrons. The fourth-order valence-corrected chi connectivity index (χ4v) is 1.85. The number of aryl methyl sites for hydroxylation is 1. The van der Waals surface area contributed by atoms with Gasteiger partial charge in [0.1, 0.15) is 0 Å². The van der Waals surface area contributed by atoms with Crippen LogP contribution in [0.2, 0.25) is 0 Å². The number of benzene rings is 1. The highest BCUT2D eigenvalue weighted by molar-refractivity contribution is 7.71. The minimum atomic E-state index is -0.0938. The SMILES string of the molecule is CCc1n[nH]c(=S)n1N=Cc1ccc(NC(C)=O)cc1. The van der Waals surface area contributed by atoms with Gasteiger partial charge >= 0.3 is 0 Å². The summed E-state index contributed by atoms with van der Waals surface area (Å²) in [6.07, 6.45) is 2.44. The molecule has 0 atom stereocenters. The van der Waals surface area contributed by atoms with Crippen LogP contribution in [0.15, 0.2) is 29.4 Å². The summed E-state index contributed by atoms with van der Waals surface area (Å²) in [4.78, 5) is 10.9. The summed E-state index contributed by atoms with van der Waals surface area (Å²) in [6, 6.07) is 7.37. The number of nitrogens with one attached hydrogen (secondary N) is 2. The molecule has 0 bridgehead atoms. The normalized spacial score (nSPS) is 10.9. The summed E-state index contributed by atoms with van der Waals surface area (Å²) >= 11 is 5.11. The van der Waals surface area contributed by atoms with Gasteiger partial charge in [0, 0.05) is 19.0 Å². The maximum Gasteiger partial charge on any atom is 0.221 e. The number of amides is 1. The second-order valence-corrected chi connectivity index (χ2v) is 4.54. The summed E-state index contributed by atoms with van der Waals surface area (Å²) < 4.78 is 2.06. The molecule has 1 heterocycles. The van der Waals surface area contributed by atoms with E-state index in [1.807, 2.05) is 31.2 Å². The Bertz CT molecular complexity index is 684. The number of aromatic nitrogens is 3. The van der Waals surface area contributed by atoms with Gasteiger partial charge < -0.3 is 5.32 Å². The van der Waals surface area contributed by atoms with Crippen molar-refractivity contribution in [2.45, 2.75) is 20.3 Å². The summed E-state index contributed by atoms with van der Waals surface area (Å²) in [5.74, 6) is 0.685. The first-order chi connectivity index (χ1) is 9.60. The lowest BCUT2D eigenvalue weighted by molar-refractivity contribution is -0.114.